The molecule has 0 spiro atoms. The summed E-state index contributed by atoms with van der Waals surface area (Å²) in [7, 11) is 5.58. The van der Waals surface area contributed by atoms with Gasteiger partial charge < -0.3 is 19.7 Å². The summed E-state index contributed by atoms with van der Waals surface area (Å²) in [5.41, 5.74) is 1.04. The second kappa shape index (κ2) is 5.80. The Bertz CT molecular complexity index is 436. The van der Waals surface area contributed by atoms with Gasteiger partial charge >= 0.3 is 0 Å². The molecule has 1 saturated heterocycles. The second-order valence-electron chi connectivity index (χ2n) is 5.42. The van der Waals surface area contributed by atoms with Gasteiger partial charge in [-0.05, 0) is 51.7 Å². The van der Waals surface area contributed by atoms with Crippen LogP contribution in [0.1, 0.15) is 18.9 Å². The fourth-order valence-corrected chi connectivity index (χ4v) is 2.81. The van der Waals surface area contributed by atoms with Crippen molar-refractivity contribution in [2.45, 2.75) is 18.9 Å². The number of ether oxygens (including phenoxy) is 2. The van der Waals surface area contributed by atoms with Crippen molar-refractivity contribution in [3.8, 4) is 11.5 Å². The molecule has 1 fully saturated rings. The van der Waals surface area contributed by atoms with E-state index in [1.807, 2.05) is 12.1 Å². The van der Waals surface area contributed by atoms with Gasteiger partial charge in [0.25, 0.3) is 0 Å². The van der Waals surface area contributed by atoms with Crippen LogP contribution < -0.4 is 14.8 Å². The maximum absolute atomic E-state index is 5.53. The molecule has 2 rings (SSSR count). The van der Waals surface area contributed by atoms with Crippen molar-refractivity contribution in [2.75, 3.05) is 40.9 Å². The lowest BCUT2D eigenvalue weighted by Crippen LogP contribution is -2.45. The Morgan fingerprint density at radius 1 is 1.26 bits per heavy atom. The molecule has 0 amide bonds. The molecule has 0 bridgehead atoms. The van der Waals surface area contributed by atoms with E-state index in [2.05, 4.69) is 30.3 Å². The lowest BCUT2D eigenvalue weighted by Gasteiger charge is -2.34. The van der Waals surface area contributed by atoms with Gasteiger partial charge in [-0.3, -0.25) is 0 Å². The van der Waals surface area contributed by atoms with Crippen LogP contribution in [0.5, 0.6) is 11.5 Å². The summed E-state index contributed by atoms with van der Waals surface area (Å²) in [6.07, 6.45) is 1.17. The molecule has 0 aliphatic carbocycles. The molecule has 1 atom stereocenters. The van der Waals surface area contributed by atoms with Gasteiger partial charge in [0.15, 0.2) is 0 Å². The number of hydrogen-bond acceptors (Lipinski definition) is 4. The number of methoxy groups -OCH3 is 2. The van der Waals surface area contributed by atoms with Gasteiger partial charge in [-0.15, -0.1) is 0 Å². The molecular formula is C15H24N2O2. The highest BCUT2D eigenvalue weighted by Gasteiger charge is 2.32. The second-order valence-corrected chi connectivity index (χ2v) is 5.42. The summed E-state index contributed by atoms with van der Waals surface area (Å²) >= 11 is 0. The summed E-state index contributed by atoms with van der Waals surface area (Å²) in [5.74, 6) is 1.77. The normalized spacial score (nSPS) is 24.8. The van der Waals surface area contributed by atoms with Gasteiger partial charge in [0.1, 0.15) is 11.5 Å². The molecule has 1 aliphatic rings. The Kier molecular flexibility index (Phi) is 4.32. The van der Waals surface area contributed by atoms with Crippen molar-refractivity contribution in [1.82, 2.24) is 10.2 Å². The van der Waals surface area contributed by atoms with E-state index in [9.17, 15) is 0 Å². The van der Waals surface area contributed by atoms with Crippen molar-refractivity contribution < 1.29 is 9.47 Å². The highest BCUT2D eigenvalue weighted by molar-refractivity contribution is 5.44. The minimum Gasteiger partial charge on any atom is -0.497 e. The van der Waals surface area contributed by atoms with E-state index in [1.165, 1.54) is 6.42 Å². The Morgan fingerprint density at radius 2 is 2.05 bits per heavy atom. The molecule has 0 radical (unpaired) electrons. The molecule has 1 aromatic carbocycles. The van der Waals surface area contributed by atoms with Crippen molar-refractivity contribution in [3.05, 3.63) is 23.8 Å². The molecule has 0 aromatic heterocycles. The average Bonchev–Trinajstić information content (AvgIpc) is 2.59. The summed E-state index contributed by atoms with van der Waals surface area (Å²) in [5, 5.41) is 3.65. The van der Waals surface area contributed by atoms with Crippen molar-refractivity contribution >= 4 is 0 Å². The fourth-order valence-electron chi connectivity index (χ4n) is 2.81. The van der Waals surface area contributed by atoms with Crippen LogP contribution in [0.25, 0.3) is 0 Å². The predicted molar refractivity (Wildman–Crippen MR) is 77.0 cm³/mol. The average molecular weight is 264 g/mol. The van der Waals surface area contributed by atoms with E-state index in [-0.39, 0.29) is 5.54 Å². The van der Waals surface area contributed by atoms with Crippen LogP contribution in [0.2, 0.25) is 0 Å². The van der Waals surface area contributed by atoms with Crippen LogP contribution >= 0.6 is 0 Å². The zero-order valence-corrected chi connectivity index (χ0v) is 12.3. The first-order valence-corrected chi connectivity index (χ1v) is 6.75. The molecular weight excluding hydrogens is 240 g/mol. The van der Waals surface area contributed by atoms with Crippen molar-refractivity contribution in [1.29, 1.82) is 0 Å². The van der Waals surface area contributed by atoms with Gasteiger partial charge in [-0.2, -0.15) is 0 Å². The molecule has 4 nitrogen and oxygen atoms in total. The van der Waals surface area contributed by atoms with Crippen LogP contribution in [-0.4, -0.2) is 45.8 Å². The van der Waals surface area contributed by atoms with E-state index in [0.29, 0.717) is 0 Å². The van der Waals surface area contributed by atoms with Crippen LogP contribution in [0.15, 0.2) is 18.2 Å². The number of hydrogen-bond donors (Lipinski definition) is 1. The van der Waals surface area contributed by atoms with Crippen molar-refractivity contribution in [3.63, 3.8) is 0 Å². The highest BCUT2D eigenvalue weighted by Crippen LogP contribution is 2.34. The largest absolute Gasteiger partial charge is 0.497 e. The standard InChI is InChI=1S/C15H24N2O2/c1-15(11-17(2)9-5-8-16-15)13-10-12(18-3)6-7-14(13)19-4/h6-7,10,16H,5,8-9,11H2,1-4H3. The lowest BCUT2D eigenvalue weighted by molar-refractivity contribution is 0.252. The molecule has 1 unspecified atom stereocenters. The summed E-state index contributed by atoms with van der Waals surface area (Å²) in [4.78, 5) is 2.36. The first-order valence-electron chi connectivity index (χ1n) is 6.75. The lowest BCUT2D eigenvalue weighted by atomic mass is 9.90. The maximum atomic E-state index is 5.53. The Hall–Kier alpha value is -1.26. The van der Waals surface area contributed by atoms with Crippen molar-refractivity contribution in [2.24, 2.45) is 0 Å². The zero-order chi connectivity index (χ0) is 13.9. The fraction of sp³-hybridized carbons (Fsp3) is 0.600. The minimum absolute atomic E-state index is 0.120. The number of benzene rings is 1. The molecule has 106 valence electrons. The number of likely N-dealkylation sites (N-methyl/N-ethyl adjacent to an activating group) is 1. The van der Waals surface area contributed by atoms with Crippen LogP contribution in [0.3, 0.4) is 0 Å². The molecule has 1 aromatic rings. The van der Waals surface area contributed by atoms with Crippen LogP contribution in [0.4, 0.5) is 0 Å². The van der Waals surface area contributed by atoms with Gasteiger partial charge in [-0.25, -0.2) is 0 Å². The third kappa shape index (κ3) is 3.01. The van der Waals surface area contributed by atoms with E-state index in [0.717, 1.165) is 36.7 Å². The Morgan fingerprint density at radius 3 is 2.74 bits per heavy atom. The molecule has 4 heteroatoms. The molecule has 1 N–H and O–H groups in total. The van der Waals surface area contributed by atoms with Gasteiger partial charge in [0.05, 0.1) is 19.8 Å². The van der Waals surface area contributed by atoms with E-state index in [1.54, 1.807) is 14.2 Å². The van der Waals surface area contributed by atoms with E-state index >= 15 is 0 Å². The Balaban J connectivity index is 2.41. The summed E-state index contributed by atoms with van der Waals surface area (Å²) in [6, 6.07) is 5.99. The van der Waals surface area contributed by atoms with E-state index < -0.39 is 0 Å². The van der Waals surface area contributed by atoms with Crippen LogP contribution in [-0.2, 0) is 5.54 Å². The van der Waals surface area contributed by atoms with E-state index in [4.69, 9.17) is 9.47 Å². The minimum atomic E-state index is -0.120. The zero-order valence-electron chi connectivity index (χ0n) is 12.3. The molecule has 19 heavy (non-hydrogen) atoms. The van der Waals surface area contributed by atoms with Crippen LogP contribution in [0, 0.1) is 0 Å². The number of nitrogens with one attached hydrogen (secondary N) is 1. The smallest absolute Gasteiger partial charge is 0.124 e. The maximum Gasteiger partial charge on any atom is 0.124 e. The van der Waals surface area contributed by atoms with Gasteiger partial charge in [0.2, 0.25) is 0 Å². The quantitative estimate of drug-likeness (QED) is 0.903. The predicted octanol–water partition coefficient (Wildman–Crippen LogP) is 1.84. The number of nitrogens with zero attached hydrogens (tertiary/aromatic N) is 1. The summed E-state index contributed by atoms with van der Waals surface area (Å²) < 4.78 is 10.9. The van der Waals surface area contributed by atoms with Gasteiger partial charge in [-0.1, -0.05) is 0 Å². The highest BCUT2D eigenvalue weighted by atomic mass is 16.5. The molecule has 0 saturated carbocycles. The first kappa shape index (κ1) is 14.2. The molecule has 1 heterocycles. The summed E-state index contributed by atoms with van der Waals surface area (Å²) in [6.45, 7) is 5.32. The third-order valence-electron chi connectivity index (χ3n) is 3.82. The third-order valence-corrected chi connectivity index (χ3v) is 3.82. The Labute approximate surface area is 115 Å². The van der Waals surface area contributed by atoms with Gasteiger partial charge in [0, 0.05) is 12.1 Å². The number of rotatable bonds is 3. The topological polar surface area (TPSA) is 33.7 Å². The monoisotopic (exact) mass is 264 g/mol. The SMILES string of the molecule is COc1ccc(OC)c(C2(C)CN(C)CCCN2)c1. The molecule has 1 aliphatic heterocycles. The first-order chi connectivity index (χ1) is 9.09.